The molecule has 1 aromatic heterocycles. The Bertz CT molecular complexity index is 1080. The molecule has 0 amide bonds. The van der Waals surface area contributed by atoms with Crippen LogP contribution in [-0.2, 0) is 0 Å². The summed E-state index contributed by atoms with van der Waals surface area (Å²) in [4.78, 5) is 8.33. The molecule has 0 saturated carbocycles. The van der Waals surface area contributed by atoms with E-state index < -0.39 is 0 Å². The topological polar surface area (TPSA) is 152 Å². The van der Waals surface area contributed by atoms with E-state index in [1.54, 1.807) is 0 Å². The van der Waals surface area contributed by atoms with Gasteiger partial charge >= 0.3 is 0 Å². The second-order valence-electron chi connectivity index (χ2n) is 8.72. The van der Waals surface area contributed by atoms with Crippen molar-refractivity contribution in [2.45, 2.75) is 0 Å². The lowest BCUT2D eigenvalue weighted by Gasteiger charge is -2.36. The third kappa shape index (κ3) is 4.84. The van der Waals surface area contributed by atoms with Gasteiger partial charge in [0.15, 0.2) is 11.9 Å². The maximum atomic E-state index is 7.57. The predicted octanol–water partition coefficient (Wildman–Crippen LogP) is 1.43. The van der Waals surface area contributed by atoms with Gasteiger partial charge in [-0.1, -0.05) is 0 Å². The Hall–Kier alpha value is -4.28. The maximum Gasteiger partial charge on any atom is 0.248 e. The van der Waals surface area contributed by atoms with Crippen molar-refractivity contribution < 1.29 is 4.42 Å². The third-order valence-corrected chi connectivity index (χ3v) is 6.62. The van der Waals surface area contributed by atoms with E-state index in [0.717, 1.165) is 74.9 Å². The number of anilines is 2. The summed E-state index contributed by atoms with van der Waals surface area (Å²) >= 11 is 0. The minimum atomic E-state index is 0.134. The summed E-state index contributed by atoms with van der Waals surface area (Å²) in [6, 6.07) is 16.2. The molecule has 35 heavy (non-hydrogen) atoms. The summed E-state index contributed by atoms with van der Waals surface area (Å²) in [5.74, 6) is 1.23. The normalized spacial score (nSPS) is 16.5. The summed E-state index contributed by atoms with van der Waals surface area (Å²) in [6.07, 6.45) is 0. The molecule has 3 heterocycles. The van der Waals surface area contributed by atoms with Gasteiger partial charge in [0.2, 0.25) is 11.8 Å². The van der Waals surface area contributed by atoms with Crippen LogP contribution < -0.4 is 21.3 Å². The first-order valence-electron chi connectivity index (χ1n) is 11.7. The number of nitrogens with one attached hydrogen (secondary N) is 2. The zero-order chi connectivity index (χ0) is 24.4. The van der Waals surface area contributed by atoms with Crippen LogP contribution >= 0.6 is 0 Å². The van der Waals surface area contributed by atoms with Crippen molar-refractivity contribution in [2.75, 3.05) is 62.2 Å². The highest BCUT2D eigenvalue weighted by molar-refractivity contribution is 5.75. The molecule has 11 heteroatoms. The van der Waals surface area contributed by atoms with Gasteiger partial charge in [-0.3, -0.25) is 10.8 Å². The molecule has 2 fully saturated rings. The molecule has 2 saturated heterocycles. The number of hydrogen-bond donors (Lipinski definition) is 4. The minimum Gasteiger partial charge on any atom is -0.416 e. The quantitative estimate of drug-likeness (QED) is 0.325. The van der Waals surface area contributed by atoms with Crippen LogP contribution in [0.1, 0.15) is 0 Å². The lowest BCUT2D eigenvalue weighted by molar-refractivity contribution is 0.380. The number of piperazine rings is 2. The third-order valence-electron chi connectivity index (χ3n) is 6.62. The van der Waals surface area contributed by atoms with Crippen molar-refractivity contribution in [3.8, 4) is 22.9 Å². The number of nitrogens with zero attached hydrogens (tertiary/aromatic N) is 6. The molecule has 0 radical (unpaired) electrons. The van der Waals surface area contributed by atoms with E-state index in [0.29, 0.717) is 11.8 Å². The molecule has 0 spiro atoms. The van der Waals surface area contributed by atoms with E-state index in [1.165, 1.54) is 0 Å². The first kappa shape index (κ1) is 22.5. The van der Waals surface area contributed by atoms with Gasteiger partial charge in [-0.15, -0.1) is 10.2 Å². The molecule has 0 atom stereocenters. The highest BCUT2D eigenvalue weighted by Gasteiger charge is 2.20. The van der Waals surface area contributed by atoms with E-state index in [2.05, 4.69) is 44.3 Å². The van der Waals surface area contributed by atoms with Crippen LogP contribution in [0.5, 0.6) is 0 Å². The van der Waals surface area contributed by atoms with Gasteiger partial charge in [0, 0.05) is 74.9 Å². The van der Waals surface area contributed by atoms with Gasteiger partial charge in [-0.25, -0.2) is 0 Å². The second kappa shape index (κ2) is 9.53. The highest BCUT2D eigenvalue weighted by Crippen LogP contribution is 2.28. The van der Waals surface area contributed by atoms with Crippen molar-refractivity contribution in [1.29, 1.82) is 10.8 Å². The van der Waals surface area contributed by atoms with Crippen molar-refractivity contribution in [1.82, 2.24) is 20.0 Å². The lowest BCUT2D eigenvalue weighted by atomic mass is 10.1. The van der Waals surface area contributed by atoms with Crippen molar-refractivity contribution >= 4 is 23.3 Å². The van der Waals surface area contributed by atoms with Gasteiger partial charge in [0.1, 0.15) is 0 Å². The molecule has 11 nitrogen and oxygen atoms in total. The Balaban J connectivity index is 1.22. The average Bonchev–Trinajstić information content (AvgIpc) is 3.39. The molecule has 5 rings (SSSR count). The maximum absolute atomic E-state index is 7.57. The summed E-state index contributed by atoms with van der Waals surface area (Å²) in [5, 5.41) is 23.6. The predicted molar refractivity (Wildman–Crippen MR) is 137 cm³/mol. The number of guanidine groups is 2. The van der Waals surface area contributed by atoms with Gasteiger partial charge in [-0.05, 0) is 48.5 Å². The minimum absolute atomic E-state index is 0.134. The van der Waals surface area contributed by atoms with Gasteiger partial charge in [0.25, 0.3) is 0 Å². The summed E-state index contributed by atoms with van der Waals surface area (Å²) in [5.41, 5.74) is 15.2. The molecule has 2 aromatic carbocycles. The number of aromatic nitrogens is 2. The Morgan fingerprint density at radius 3 is 1.26 bits per heavy atom. The molecule has 6 N–H and O–H groups in total. The SMILES string of the molecule is N=C(N)N1CCN(c2ccc(-c3nnc(-c4ccc(N5CCN(C(=N)N)CC5)cc4)o3)cc2)CC1. The molecule has 2 aliphatic rings. The smallest absolute Gasteiger partial charge is 0.248 e. The van der Waals surface area contributed by atoms with Crippen molar-refractivity contribution in [3.05, 3.63) is 48.5 Å². The number of rotatable bonds is 4. The molecule has 0 bridgehead atoms. The fraction of sp³-hybridized carbons (Fsp3) is 0.333. The molecule has 182 valence electrons. The monoisotopic (exact) mass is 474 g/mol. The Kier molecular flexibility index (Phi) is 6.13. The van der Waals surface area contributed by atoms with E-state index in [1.807, 2.05) is 34.1 Å². The molecular formula is C24H30N10O. The Morgan fingerprint density at radius 2 is 0.943 bits per heavy atom. The van der Waals surface area contributed by atoms with Gasteiger partial charge < -0.3 is 35.5 Å². The van der Waals surface area contributed by atoms with E-state index >= 15 is 0 Å². The van der Waals surface area contributed by atoms with Crippen molar-refractivity contribution in [2.24, 2.45) is 11.5 Å². The fourth-order valence-electron chi connectivity index (χ4n) is 4.50. The van der Waals surface area contributed by atoms with Crippen LogP contribution in [0.3, 0.4) is 0 Å². The van der Waals surface area contributed by atoms with E-state index in [4.69, 9.17) is 26.7 Å². The van der Waals surface area contributed by atoms with Crippen LogP contribution in [0.25, 0.3) is 22.9 Å². The van der Waals surface area contributed by atoms with Crippen LogP contribution in [0.2, 0.25) is 0 Å². The largest absolute Gasteiger partial charge is 0.416 e. The molecular weight excluding hydrogens is 444 g/mol. The number of nitrogens with two attached hydrogens (primary N) is 2. The Morgan fingerprint density at radius 1 is 0.600 bits per heavy atom. The van der Waals surface area contributed by atoms with E-state index in [9.17, 15) is 0 Å². The van der Waals surface area contributed by atoms with Crippen molar-refractivity contribution in [3.63, 3.8) is 0 Å². The molecule has 0 unspecified atom stereocenters. The second-order valence-corrected chi connectivity index (χ2v) is 8.72. The lowest BCUT2D eigenvalue weighted by Crippen LogP contribution is -2.50. The van der Waals surface area contributed by atoms with Crippen LogP contribution in [0, 0.1) is 10.8 Å². The van der Waals surface area contributed by atoms with Crippen LogP contribution in [0.4, 0.5) is 11.4 Å². The standard InChI is InChI=1S/C24H30N10O/c25-23(26)33-13-9-31(10-14-33)19-5-1-17(2-6-19)21-29-30-22(35-21)18-3-7-20(8-4-18)32-11-15-34(16-12-32)24(27)28/h1-8H,9-16H2,(H3,25,26)(H3,27,28). The zero-order valence-corrected chi connectivity index (χ0v) is 19.5. The molecule has 3 aromatic rings. The first-order chi connectivity index (χ1) is 17.0. The van der Waals surface area contributed by atoms with Crippen LogP contribution in [0.15, 0.2) is 52.9 Å². The van der Waals surface area contributed by atoms with Gasteiger partial charge in [0.05, 0.1) is 0 Å². The van der Waals surface area contributed by atoms with E-state index in [-0.39, 0.29) is 11.9 Å². The summed E-state index contributed by atoms with van der Waals surface area (Å²) in [7, 11) is 0. The summed E-state index contributed by atoms with van der Waals surface area (Å²) in [6.45, 7) is 6.29. The zero-order valence-electron chi connectivity index (χ0n) is 19.5. The molecule has 0 aliphatic carbocycles. The fourth-order valence-corrected chi connectivity index (χ4v) is 4.50. The number of hydrogen-bond acceptors (Lipinski definition) is 7. The number of benzene rings is 2. The Labute approximate surface area is 203 Å². The molecule has 2 aliphatic heterocycles. The summed E-state index contributed by atoms with van der Waals surface area (Å²) < 4.78 is 5.97. The van der Waals surface area contributed by atoms with Gasteiger partial charge in [-0.2, -0.15) is 0 Å². The van der Waals surface area contributed by atoms with Crippen LogP contribution in [-0.4, -0.2) is 84.3 Å². The average molecular weight is 475 g/mol. The highest BCUT2D eigenvalue weighted by atomic mass is 16.4. The first-order valence-corrected chi connectivity index (χ1v) is 11.7.